The quantitative estimate of drug-likeness (QED) is 0.205. The van der Waals surface area contributed by atoms with Crippen LogP contribution in [0.4, 0.5) is 13.2 Å². The average molecular weight is 526 g/mol. The Hall–Kier alpha value is -2.55. The molecule has 0 N–H and O–H groups in total. The van der Waals surface area contributed by atoms with E-state index < -0.39 is 23.8 Å². The highest BCUT2D eigenvalue weighted by atomic mass is 35.5. The number of hydrogen-bond donors (Lipinski definition) is 0. The lowest BCUT2D eigenvalue weighted by atomic mass is 10.0. The molecule has 0 aliphatic rings. The predicted octanol–water partition coefficient (Wildman–Crippen LogP) is 6.80. The monoisotopic (exact) mass is 524 g/mol. The van der Waals surface area contributed by atoms with Crippen LogP contribution >= 0.6 is 34.8 Å². The molecule has 178 valence electrons. The van der Waals surface area contributed by atoms with Crippen molar-refractivity contribution >= 4 is 46.3 Å². The second-order valence-corrected chi connectivity index (χ2v) is 7.50. The molecule has 0 aliphatic carbocycles. The van der Waals surface area contributed by atoms with Gasteiger partial charge in [0.2, 0.25) is 0 Å². The van der Waals surface area contributed by atoms with Gasteiger partial charge in [0.15, 0.2) is 5.75 Å². The van der Waals surface area contributed by atoms with E-state index in [-0.39, 0.29) is 33.7 Å². The van der Waals surface area contributed by atoms with E-state index in [1.807, 2.05) is 0 Å². The zero-order valence-electron chi connectivity index (χ0n) is 17.3. The van der Waals surface area contributed by atoms with Gasteiger partial charge in [0.05, 0.1) is 30.5 Å². The highest BCUT2D eigenvalue weighted by molar-refractivity contribution is 6.37. The minimum atomic E-state index is -4.67. The molecule has 0 amide bonds. The molecule has 0 saturated carbocycles. The molecule has 0 unspecified atom stereocenters. The van der Waals surface area contributed by atoms with Crippen molar-refractivity contribution in [1.82, 2.24) is 0 Å². The van der Waals surface area contributed by atoms with E-state index in [0.29, 0.717) is 17.2 Å². The van der Waals surface area contributed by atoms with Crippen LogP contribution in [0, 0.1) is 0 Å². The van der Waals surface area contributed by atoms with Crippen molar-refractivity contribution in [3.8, 4) is 11.5 Å². The number of alkyl halides is 3. The fourth-order valence-corrected chi connectivity index (χ4v) is 3.23. The maximum Gasteiger partial charge on any atom is 0.426 e. The van der Waals surface area contributed by atoms with Crippen LogP contribution in [0.1, 0.15) is 11.1 Å². The maximum absolute atomic E-state index is 12.4. The van der Waals surface area contributed by atoms with Crippen molar-refractivity contribution in [3.05, 3.63) is 74.9 Å². The normalized spacial score (nSPS) is 12.4. The molecule has 0 aliphatic heterocycles. The Kier molecular flexibility index (Phi) is 9.76. The zero-order valence-corrected chi connectivity index (χ0v) is 19.6. The van der Waals surface area contributed by atoms with Crippen LogP contribution < -0.4 is 9.47 Å². The highest BCUT2D eigenvalue weighted by Gasteiger charge is 2.32. The summed E-state index contributed by atoms with van der Waals surface area (Å²) in [6.07, 6.45) is -2.75. The number of ether oxygens (including phenoxy) is 4. The van der Waals surface area contributed by atoms with Gasteiger partial charge in [-0.2, -0.15) is 13.2 Å². The predicted molar refractivity (Wildman–Crippen MR) is 120 cm³/mol. The first-order valence-corrected chi connectivity index (χ1v) is 10.3. The second kappa shape index (κ2) is 12.1. The minimum Gasteiger partial charge on any atom is -0.503 e. The summed E-state index contributed by atoms with van der Waals surface area (Å²) in [7, 11) is 2.66. The van der Waals surface area contributed by atoms with Crippen molar-refractivity contribution in [2.45, 2.75) is 12.8 Å². The molecule has 0 saturated heterocycles. The van der Waals surface area contributed by atoms with E-state index in [9.17, 15) is 18.0 Å². The molecular formula is C22H18Cl3F3O5. The number of hydrogen-bond acceptors (Lipinski definition) is 5. The molecule has 2 rings (SSSR count). The Bertz CT molecular complexity index is 1030. The lowest BCUT2D eigenvalue weighted by Crippen LogP contribution is -2.09. The van der Waals surface area contributed by atoms with Crippen LogP contribution in [0.25, 0.3) is 5.57 Å². The summed E-state index contributed by atoms with van der Waals surface area (Å²) in [4.78, 5) is 12.1. The van der Waals surface area contributed by atoms with Crippen molar-refractivity contribution in [3.63, 3.8) is 0 Å². The number of halogens is 6. The molecule has 2 aromatic carbocycles. The average Bonchev–Trinajstić information content (AvgIpc) is 2.76. The summed E-state index contributed by atoms with van der Waals surface area (Å²) >= 11 is 17.4. The number of methoxy groups -OCH3 is 2. The Balaban J connectivity index is 2.18. The van der Waals surface area contributed by atoms with Crippen LogP contribution in [0.5, 0.6) is 11.5 Å². The number of allylic oxidation sites excluding steroid dienone is 1. The summed E-state index contributed by atoms with van der Waals surface area (Å²) in [6, 6.07) is 9.75. The zero-order chi connectivity index (χ0) is 24.6. The Morgan fingerprint density at radius 3 is 2.27 bits per heavy atom. The van der Waals surface area contributed by atoms with Crippen LogP contribution in [-0.2, 0) is 20.9 Å². The summed E-state index contributed by atoms with van der Waals surface area (Å²) < 4.78 is 58.1. The van der Waals surface area contributed by atoms with Gasteiger partial charge in [-0.1, -0.05) is 59.1 Å². The summed E-state index contributed by atoms with van der Waals surface area (Å²) in [5, 5.41) is -1.27. The molecule has 0 radical (unpaired) electrons. The van der Waals surface area contributed by atoms with Crippen molar-refractivity contribution < 1.29 is 36.9 Å². The van der Waals surface area contributed by atoms with Crippen LogP contribution in [-0.4, -0.2) is 33.0 Å². The molecule has 0 fully saturated rings. The van der Waals surface area contributed by atoms with Crippen molar-refractivity contribution in [2.24, 2.45) is 0 Å². The number of carbonyl (C=O) groups excluding carboxylic acids is 1. The Morgan fingerprint density at radius 1 is 1.06 bits per heavy atom. The third kappa shape index (κ3) is 7.48. The highest BCUT2D eigenvalue weighted by Crippen LogP contribution is 2.38. The SMILES string of the molecule is CO/C=C(/C(=O)OC)c1ccccc1COc1cc(Cl)c(OCC=C(Cl)C(F)(F)F)c(Cl)c1. The first-order valence-electron chi connectivity index (χ1n) is 9.15. The van der Waals surface area contributed by atoms with E-state index >= 15 is 0 Å². The topological polar surface area (TPSA) is 54.0 Å². The van der Waals surface area contributed by atoms with Crippen molar-refractivity contribution in [2.75, 3.05) is 20.8 Å². The van der Waals surface area contributed by atoms with Gasteiger partial charge in [0, 0.05) is 12.1 Å². The van der Waals surface area contributed by atoms with Gasteiger partial charge >= 0.3 is 12.1 Å². The Labute approximate surface area is 203 Å². The first kappa shape index (κ1) is 26.7. The van der Waals surface area contributed by atoms with Gasteiger partial charge in [0.1, 0.15) is 29.6 Å². The van der Waals surface area contributed by atoms with Gasteiger partial charge in [-0.3, -0.25) is 0 Å². The molecule has 33 heavy (non-hydrogen) atoms. The maximum atomic E-state index is 12.4. The molecular weight excluding hydrogens is 508 g/mol. The molecule has 0 spiro atoms. The van der Waals surface area contributed by atoms with Gasteiger partial charge in [-0.25, -0.2) is 4.79 Å². The standard InChI is InChI=1S/C22H18Cl3F3O5/c1-30-12-16(21(29)31-2)15-6-4-3-5-13(15)11-33-14-9-17(23)20(18(24)10-14)32-8-7-19(25)22(26,27)28/h3-7,9-10,12H,8,11H2,1-2H3/b16-12+,19-7?. The molecule has 0 bridgehead atoms. The minimum absolute atomic E-state index is 0.0232. The lowest BCUT2D eigenvalue weighted by molar-refractivity contribution is -0.133. The van der Waals surface area contributed by atoms with Gasteiger partial charge in [0.25, 0.3) is 0 Å². The van der Waals surface area contributed by atoms with E-state index in [1.54, 1.807) is 24.3 Å². The Morgan fingerprint density at radius 2 is 1.70 bits per heavy atom. The van der Waals surface area contributed by atoms with Crippen LogP contribution in [0.3, 0.4) is 0 Å². The number of esters is 1. The molecule has 0 atom stereocenters. The molecule has 2 aromatic rings. The summed E-state index contributed by atoms with van der Waals surface area (Å²) in [5.41, 5.74) is 1.38. The molecule has 5 nitrogen and oxygen atoms in total. The van der Waals surface area contributed by atoms with Gasteiger partial charge in [-0.05, 0) is 17.2 Å². The molecule has 0 heterocycles. The smallest absolute Gasteiger partial charge is 0.426 e. The van der Waals surface area contributed by atoms with Gasteiger partial charge < -0.3 is 18.9 Å². The van der Waals surface area contributed by atoms with E-state index in [1.165, 1.54) is 32.6 Å². The lowest BCUT2D eigenvalue weighted by Gasteiger charge is -2.14. The summed E-state index contributed by atoms with van der Waals surface area (Å²) in [5.74, 6) is -0.340. The van der Waals surface area contributed by atoms with E-state index in [0.717, 1.165) is 0 Å². The first-order chi connectivity index (χ1) is 15.6. The third-order valence-electron chi connectivity index (χ3n) is 4.08. The molecule has 0 aromatic heterocycles. The fourth-order valence-electron chi connectivity index (χ4n) is 2.59. The number of carbonyl (C=O) groups is 1. The van der Waals surface area contributed by atoms with Crippen LogP contribution in [0.15, 0.2) is 53.8 Å². The fraction of sp³-hybridized carbons (Fsp3) is 0.227. The molecule has 11 heteroatoms. The van der Waals surface area contributed by atoms with E-state index in [2.05, 4.69) is 0 Å². The largest absolute Gasteiger partial charge is 0.503 e. The number of rotatable bonds is 9. The second-order valence-electron chi connectivity index (χ2n) is 6.28. The van der Waals surface area contributed by atoms with E-state index in [4.69, 9.17) is 53.8 Å². The van der Waals surface area contributed by atoms with Crippen molar-refractivity contribution in [1.29, 1.82) is 0 Å². The number of benzene rings is 2. The van der Waals surface area contributed by atoms with Gasteiger partial charge in [-0.15, -0.1) is 0 Å². The third-order valence-corrected chi connectivity index (χ3v) is 5.01. The summed E-state index contributed by atoms with van der Waals surface area (Å²) in [6.45, 7) is -0.460. The van der Waals surface area contributed by atoms with Crippen LogP contribution in [0.2, 0.25) is 10.0 Å².